The second-order valence-electron chi connectivity index (χ2n) is 8.88. The van der Waals surface area contributed by atoms with Crippen LogP contribution in [0.1, 0.15) is 35.6 Å². The third kappa shape index (κ3) is 6.70. The molecule has 3 aromatic carbocycles. The average molecular weight is 513 g/mol. The molecule has 1 aliphatic rings. The van der Waals surface area contributed by atoms with Crippen LogP contribution in [0.25, 0.3) is 0 Å². The molecule has 0 saturated carbocycles. The molecule has 0 saturated heterocycles. The van der Waals surface area contributed by atoms with E-state index in [4.69, 9.17) is 11.6 Å². The lowest BCUT2D eigenvalue weighted by molar-refractivity contribution is -0.126. The molecule has 4 rings (SSSR count). The molecule has 3 aromatic rings. The van der Waals surface area contributed by atoms with E-state index in [0.717, 1.165) is 24.0 Å². The van der Waals surface area contributed by atoms with Gasteiger partial charge in [-0.25, -0.2) is 13.1 Å². The Labute approximate surface area is 211 Å². The normalized spacial score (nSPS) is 16.9. The first-order valence-corrected chi connectivity index (χ1v) is 13.5. The van der Waals surface area contributed by atoms with E-state index in [1.807, 2.05) is 48.5 Å². The Morgan fingerprint density at radius 2 is 1.69 bits per heavy atom. The number of rotatable bonds is 10. The van der Waals surface area contributed by atoms with Crippen molar-refractivity contribution in [2.45, 2.75) is 42.7 Å². The van der Waals surface area contributed by atoms with Crippen molar-refractivity contribution in [2.24, 2.45) is 5.92 Å². The molecule has 0 spiro atoms. The van der Waals surface area contributed by atoms with E-state index < -0.39 is 22.0 Å². The Bertz CT molecular complexity index is 1250. The molecule has 0 unspecified atom stereocenters. The van der Waals surface area contributed by atoms with Gasteiger partial charge in [-0.15, -0.1) is 0 Å². The summed E-state index contributed by atoms with van der Waals surface area (Å²) in [7, 11) is -3.81. The van der Waals surface area contributed by atoms with Gasteiger partial charge in [0.1, 0.15) is 0 Å². The third-order valence-corrected chi connectivity index (χ3v) is 8.03. The van der Waals surface area contributed by atoms with Crippen molar-refractivity contribution < 1.29 is 18.3 Å². The van der Waals surface area contributed by atoms with Crippen molar-refractivity contribution in [3.05, 3.63) is 101 Å². The summed E-state index contributed by atoms with van der Waals surface area (Å²) in [5.74, 6) is -0.657. The van der Waals surface area contributed by atoms with Gasteiger partial charge >= 0.3 is 0 Å². The molecule has 0 bridgehead atoms. The van der Waals surface area contributed by atoms with Crippen LogP contribution in [0.4, 0.5) is 0 Å². The summed E-state index contributed by atoms with van der Waals surface area (Å²) in [5.41, 5.74) is 3.36. The largest absolute Gasteiger partial charge is 0.392 e. The highest BCUT2D eigenvalue weighted by atomic mass is 35.5. The fourth-order valence-electron chi connectivity index (χ4n) is 4.49. The fraction of sp³-hybridized carbons (Fsp3) is 0.296. The molecular weight excluding hydrogens is 484 g/mol. The number of hydrogen-bond donors (Lipinski definition) is 3. The maximum absolute atomic E-state index is 13.3. The number of halogens is 1. The van der Waals surface area contributed by atoms with Gasteiger partial charge in [-0.3, -0.25) is 4.79 Å². The van der Waals surface area contributed by atoms with Crippen LogP contribution in [-0.4, -0.2) is 32.1 Å². The van der Waals surface area contributed by atoms with Gasteiger partial charge in [0.25, 0.3) is 0 Å². The Hall–Kier alpha value is -2.71. The minimum atomic E-state index is -3.81. The van der Waals surface area contributed by atoms with Gasteiger partial charge < -0.3 is 10.4 Å². The van der Waals surface area contributed by atoms with Gasteiger partial charge in [0.2, 0.25) is 15.9 Å². The molecule has 8 heteroatoms. The SMILES string of the molecule is O=C(N[C@@H]1CCc2ccccc21)[C@H](Cc1ccccc1)C[C@H](O)CNS(=O)(=O)c1ccc(Cl)cc1. The molecule has 0 aromatic heterocycles. The van der Waals surface area contributed by atoms with Crippen LogP contribution in [0.15, 0.2) is 83.8 Å². The summed E-state index contributed by atoms with van der Waals surface area (Å²) in [6.07, 6.45) is 1.29. The number of fused-ring (bicyclic) bond motifs is 1. The summed E-state index contributed by atoms with van der Waals surface area (Å²) in [5, 5.41) is 14.3. The van der Waals surface area contributed by atoms with Gasteiger partial charge in [0.05, 0.1) is 17.0 Å². The fourth-order valence-corrected chi connectivity index (χ4v) is 5.69. The quantitative estimate of drug-likeness (QED) is 0.382. The number of amides is 1. The van der Waals surface area contributed by atoms with Crippen LogP contribution >= 0.6 is 11.6 Å². The van der Waals surface area contributed by atoms with Crippen LogP contribution in [0.3, 0.4) is 0 Å². The maximum Gasteiger partial charge on any atom is 0.240 e. The summed E-state index contributed by atoms with van der Waals surface area (Å²) < 4.78 is 27.6. The lowest BCUT2D eigenvalue weighted by Crippen LogP contribution is -2.39. The number of nitrogens with one attached hydrogen (secondary N) is 2. The number of aliphatic hydroxyl groups excluding tert-OH is 1. The first kappa shape index (κ1) is 25.4. The Balaban J connectivity index is 1.42. The van der Waals surface area contributed by atoms with E-state index in [1.165, 1.54) is 29.8 Å². The zero-order chi connectivity index (χ0) is 24.8. The second-order valence-corrected chi connectivity index (χ2v) is 11.1. The molecule has 35 heavy (non-hydrogen) atoms. The second kappa shape index (κ2) is 11.4. The Morgan fingerprint density at radius 1 is 1.00 bits per heavy atom. The molecule has 0 heterocycles. The van der Waals surface area contributed by atoms with Crippen molar-refractivity contribution in [3.8, 4) is 0 Å². The molecular formula is C27H29ClN2O4S. The highest BCUT2D eigenvalue weighted by Crippen LogP contribution is 2.31. The molecule has 0 aliphatic heterocycles. The first-order chi connectivity index (χ1) is 16.8. The maximum atomic E-state index is 13.3. The van der Waals surface area contributed by atoms with Crippen molar-refractivity contribution >= 4 is 27.5 Å². The smallest absolute Gasteiger partial charge is 0.240 e. The van der Waals surface area contributed by atoms with Crippen LogP contribution in [0, 0.1) is 5.92 Å². The summed E-state index contributed by atoms with van der Waals surface area (Å²) in [6, 6.07) is 23.5. The molecule has 0 fully saturated rings. The Morgan fingerprint density at radius 3 is 2.43 bits per heavy atom. The lowest BCUT2D eigenvalue weighted by atomic mass is 9.92. The number of aliphatic hydroxyl groups is 1. The average Bonchev–Trinajstić information content (AvgIpc) is 3.26. The monoisotopic (exact) mass is 512 g/mol. The zero-order valence-electron chi connectivity index (χ0n) is 19.2. The number of carbonyl (C=O) groups is 1. The third-order valence-electron chi connectivity index (χ3n) is 6.33. The van der Waals surface area contributed by atoms with Gasteiger partial charge in [-0.05, 0) is 66.6 Å². The predicted molar refractivity (Wildman–Crippen MR) is 137 cm³/mol. The number of hydrogen-bond acceptors (Lipinski definition) is 4. The zero-order valence-corrected chi connectivity index (χ0v) is 20.8. The molecule has 6 nitrogen and oxygen atoms in total. The molecule has 1 amide bonds. The van der Waals surface area contributed by atoms with E-state index in [1.54, 1.807) is 0 Å². The van der Waals surface area contributed by atoms with Crippen LogP contribution in [0.2, 0.25) is 5.02 Å². The van der Waals surface area contributed by atoms with Crippen molar-refractivity contribution in [1.82, 2.24) is 10.0 Å². The van der Waals surface area contributed by atoms with Crippen molar-refractivity contribution in [1.29, 1.82) is 0 Å². The molecule has 1 aliphatic carbocycles. The van der Waals surface area contributed by atoms with Crippen LogP contribution in [-0.2, 0) is 27.7 Å². The lowest BCUT2D eigenvalue weighted by Gasteiger charge is -2.23. The molecule has 184 valence electrons. The van der Waals surface area contributed by atoms with Gasteiger partial charge in [0.15, 0.2) is 0 Å². The van der Waals surface area contributed by atoms with E-state index in [2.05, 4.69) is 16.1 Å². The minimum Gasteiger partial charge on any atom is -0.392 e. The summed E-state index contributed by atoms with van der Waals surface area (Å²) in [4.78, 5) is 13.4. The van der Waals surface area contributed by atoms with Crippen LogP contribution in [0.5, 0.6) is 0 Å². The van der Waals surface area contributed by atoms with Crippen molar-refractivity contribution in [2.75, 3.05) is 6.54 Å². The van der Waals surface area contributed by atoms with Gasteiger partial charge in [-0.2, -0.15) is 0 Å². The minimum absolute atomic E-state index is 0.0578. The number of carbonyl (C=O) groups excluding carboxylic acids is 1. The van der Waals surface area contributed by atoms with E-state index >= 15 is 0 Å². The van der Waals surface area contributed by atoms with E-state index in [0.29, 0.717) is 11.4 Å². The van der Waals surface area contributed by atoms with E-state index in [-0.39, 0.29) is 29.8 Å². The van der Waals surface area contributed by atoms with Crippen LogP contribution < -0.4 is 10.0 Å². The highest BCUT2D eigenvalue weighted by Gasteiger charge is 2.29. The first-order valence-electron chi connectivity index (χ1n) is 11.7. The van der Waals surface area contributed by atoms with Crippen molar-refractivity contribution in [3.63, 3.8) is 0 Å². The summed E-state index contributed by atoms with van der Waals surface area (Å²) >= 11 is 5.84. The Kier molecular flexibility index (Phi) is 8.23. The van der Waals surface area contributed by atoms with Gasteiger partial charge in [0, 0.05) is 17.5 Å². The molecule has 3 atom stereocenters. The number of benzene rings is 3. The number of sulfonamides is 1. The molecule has 0 radical (unpaired) electrons. The van der Waals surface area contributed by atoms with E-state index in [9.17, 15) is 18.3 Å². The number of aryl methyl sites for hydroxylation is 1. The highest BCUT2D eigenvalue weighted by molar-refractivity contribution is 7.89. The topological polar surface area (TPSA) is 95.5 Å². The summed E-state index contributed by atoms with van der Waals surface area (Å²) in [6.45, 7) is -0.199. The standard InChI is InChI=1S/C27H29ClN2O4S/c28-22-11-13-24(14-12-22)35(33,34)29-18-23(31)17-21(16-19-6-2-1-3-7-19)27(32)30-26-15-10-20-8-4-5-9-25(20)26/h1-9,11-14,21,23,26,29,31H,10,15-18H2,(H,30,32)/t21-,23+,26-/m1/s1. The molecule has 3 N–H and O–H groups in total. The predicted octanol–water partition coefficient (Wildman–Crippen LogP) is 4.03. The van der Waals surface area contributed by atoms with Gasteiger partial charge in [-0.1, -0.05) is 66.2 Å².